The fourth-order valence-corrected chi connectivity index (χ4v) is 1.66. The summed E-state index contributed by atoms with van der Waals surface area (Å²) in [5.74, 6) is -0.454. The van der Waals surface area contributed by atoms with Gasteiger partial charge in [-0.2, -0.15) is 5.26 Å². The number of hydrogen-bond donors (Lipinski definition) is 1. The van der Waals surface area contributed by atoms with Gasteiger partial charge in [0.25, 0.3) is 0 Å². The Bertz CT molecular complexity index is 593. The van der Waals surface area contributed by atoms with Crippen LogP contribution >= 0.6 is 0 Å². The second-order valence-corrected chi connectivity index (χ2v) is 4.09. The SMILES string of the molecule is N#Cc1ccc(OCC(N)c2ccccc2)c(F)c1. The van der Waals surface area contributed by atoms with Crippen LogP contribution in [0.4, 0.5) is 4.39 Å². The minimum atomic E-state index is -0.556. The molecule has 0 heterocycles. The highest BCUT2D eigenvalue weighted by Crippen LogP contribution is 2.19. The first kappa shape index (κ1) is 13.1. The van der Waals surface area contributed by atoms with Crippen LogP contribution in [0.3, 0.4) is 0 Å². The average molecular weight is 256 g/mol. The standard InChI is InChI=1S/C15H13FN2O/c16-13-8-11(9-17)6-7-15(13)19-10-14(18)12-4-2-1-3-5-12/h1-8,14H,10,18H2. The summed E-state index contributed by atoms with van der Waals surface area (Å²) in [6, 6.07) is 15.1. The molecule has 2 aromatic carbocycles. The van der Waals surface area contributed by atoms with Crippen LogP contribution in [-0.4, -0.2) is 6.61 Å². The van der Waals surface area contributed by atoms with Gasteiger partial charge in [-0.1, -0.05) is 30.3 Å². The summed E-state index contributed by atoms with van der Waals surface area (Å²) < 4.78 is 18.9. The minimum absolute atomic E-state index is 0.102. The van der Waals surface area contributed by atoms with E-state index in [9.17, 15) is 4.39 Å². The monoisotopic (exact) mass is 256 g/mol. The van der Waals surface area contributed by atoms with E-state index in [1.54, 1.807) is 0 Å². The summed E-state index contributed by atoms with van der Waals surface area (Å²) in [5.41, 5.74) is 7.14. The van der Waals surface area contributed by atoms with Crippen molar-refractivity contribution in [3.05, 3.63) is 65.5 Å². The molecule has 1 unspecified atom stereocenters. The lowest BCUT2D eigenvalue weighted by Gasteiger charge is -2.14. The maximum Gasteiger partial charge on any atom is 0.166 e. The molecule has 2 N–H and O–H groups in total. The van der Waals surface area contributed by atoms with Crippen molar-refractivity contribution in [2.24, 2.45) is 5.73 Å². The van der Waals surface area contributed by atoms with Crippen molar-refractivity contribution in [2.75, 3.05) is 6.61 Å². The predicted molar refractivity (Wildman–Crippen MR) is 70.0 cm³/mol. The largest absolute Gasteiger partial charge is 0.489 e. The van der Waals surface area contributed by atoms with Crippen molar-refractivity contribution < 1.29 is 9.13 Å². The Morgan fingerprint density at radius 1 is 1.21 bits per heavy atom. The molecule has 0 bridgehead atoms. The van der Waals surface area contributed by atoms with Gasteiger partial charge in [0.2, 0.25) is 0 Å². The highest BCUT2D eigenvalue weighted by Gasteiger charge is 2.09. The molecule has 2 rings (SSSR count). The van der Waals surface area contributed by atoms with E-state index in [0.29, 0.717) is 0 Å². The fourth-order valence-electron chi connectivity index (χ4n) is 1.66. The van der Waals surface area contributed by atoms with Crippen molar-refractivity contribution in [1.82, 2.24) is 0 Å². The van der Waals surface area contributed by atoms with Crippen LogP contribution in [0, 0.1) is 17.1 Å². The molecule has 1 atom stereocenters. The molecule has 0 aliphatic heterocycles. The van der Waals surface area contributed by atoms with Crippen LogP contribution in [-0.2, 0) is 0 Å². The molecule has 0 fully saturated rings. The molecule has 0 amide bonds. The van der Waals surface area contributed by atoms with Crippen LogP contribution < -0.4 is 10.5 Å². The average Bonchev–Trinajstić information content (AvgIpc) is 2.46. The Morgan fingerprint density at radius 3 is 2.58 bits per heavy atom. The summed E-state index contributed by atoms with van der Waals surface area (Å²) in [7, 11) is 0. The summed E-state index contributed by atoms with van der Waals surface area (Å²) in [6.45, 7) is 0.173. The molecule has 0 spiro atoms. The molecular formula is C15H13FN2O. The summed E-state index contributed by atoms with van der Waals surface area (Å²) in [5, 5.41) is 8.64. The highest BCUT2D eigenvalue weighted by atomic mass is 19.1. The zero-order valence-electron chi connectivity index (χ0n) is 10.2. The van der Waals surface area contributed by atoms with E-state index in [1.807, 2.05) is 36.4 Å². The molecule has 0 aliphatic rings. The van der Waals surface area contributed by atoms with Crippen molar-refractivity contribution in [2.45, 2.75) is 6.04 Å². The van der Waals surface area contributed by atoms with Crippen molar-refractivity contribution >= 4 is 0 Å². The van der Waals surface area contributed by atoms with Crippen LogP contribution in [0.1, 0.15) is 17.2 Å². The second-order valence-electron chi connectivity index (χ2n) is 4.09. The number of benzene rings is 2. The van der Waals surface area contributed by atoms with Gasteiger partial charge in [-0.3, -0.25) is 0 Å². The van der Waals surface area contributed by atoms with Gasteiger partial charge >= 0.3 is 0 Å². The van der Waals surface area contributed by atoms with Gasteiger partial charge in [0.05, 0.1) is 17.7 Å². The number of ether oxygens (including phenoxy) is 1. The predicted octanol–water partition coefficient (Wildman–Crippen LogP) is 2.78. The smallest absolute Gasteiger partial charge is 0.166 e. The summed E-state index contributed by atoms with van der Waals surface area (Å²) in [4.78, 5) is 0. The number of nitrogens with zero attached hydrogens (tertiary/aromatic N) is 1. The van der Waals surface area contributed by atoms with E-state index < -0.39 is 5.82 Å². The summed E-state index contributed by atoms with van der Waals surface area (Å²) in [6.07, 6.45) is 0. The van der Waals surface area contributed by atoms with E-state index in [4.69, 9.17) is 15.7 Å². The molecule has 2 aromatic rings. The lowest BCUT2D eigenvalue weighted by molar-refractivity contribution is 0.277. The van der Waals surface area contributed by atoms with Crippen LogP contribution in [0.5, 0.6) is 5.75 Å². The van der Waals surface area contributed by atoms with Gasteiger partial charge in [-0.15, -0.1) is 0 Å². The van der Waals surface area contributed by atoms with Crippen molar-refractivity contribution in [1.29, 1.82) is 5.26 Å². The quantitative estimate of drug-likeness (QED) is 0.915. The second kappa shape index (κ2) is 5.98. The van der Waals surface area contributed by atoms with E-state index in [-0.39, 0.29) is 24.0 Å². The number of halogens is 1. The minimum Gasteiger partial charge on any atom is -0.489 e. The van der Waals surface area contributed by atoms with E-state index >= 15 is 0 Å². The van der Waals surface area contributed by atoms with E-state index in [2.05, 4.69) is 0 Å². The molecule has 3 nitrogen and oxygen atoms in total. The normalized spacial score (nSPS) is 11.6. The third-order valence-corrected chi connectivity index (χ3v) is 2.71. The Labute approximate surface area is 111 Å². The fraction of sp³-hybridized carbons (Fsp3) is 0.133. The molecule has 0 radical (unpaired) electrons. The first-order valence-corrected chi connectivity index (χ1v) is 5.83. The van der Waals surface area contributed by atoms with Gasteiger partial charge in [-0.05, 0) is 23.8 Å². The maximum atomic E-state index is 13.6. The Morgan fingerprint density at radius 2 is 1.95 bits per heavy atom. The van der Waals surface area contributed by atoms with Gasteiger partial charge < -0.3 is 10.5 Å². The number of rotatable bonds is 4. The zero-order valence-corrected chi connectivity index (χ0v) is 10.2. The molecule has 0 saturated carbocycles. The molecular weight excluding hydrogens is 243 g/mol. The van der Waals surface area contributed by atoms with Crippen LogP contribution in [0.15, 0.2) is 48.5 Å². The Hall–Kier alpha value is -2.38. The molecule has 19 heavy (non-hydrogen) atoms. The maximum absolute atomic E-state index is 13.6. The Kier molecular flexibility index (Phi) is 4.11. The van der Waals surface area contributed by atoms with Gasteiger partial charge in [-0.25, -0.2) is 4.39 Å². The molecule has 0 aromatic heterocycles. The van der Waals surface area contributed by atoms with Crippen molar-refractivity contribution in [3.63, 3.8) is 0 Å². The topological polar surface area (TPSA) is 59.0 Å². The van der Waals surface area contributed by atoms with E-state index in [0.717, 1.165) is 11.6 Å². The number of nitrogens with two attached hydrogens (primary N) is 1. The Balaban J connectivity index is 2.01. The van der Waals surface area contributed by atoms with Crippen LogP contribution in [0.25, 0.3) is 0 Å². The summed E-state index contributed by atoms with van der Waals surface area (Å²) >= 11 is 0. The van der Waals surface area contributed by atoms with Crippen molar-refractivity contribution in [3.8, 4) is 11.8 Å². The first-order valence-electron chi connectivity index (χ1n) is 5.83. The third-order valence-electron chi connectivity index (χ3n) is 2.71. The van der Waals surface area contributed by atoms with Gasteiger partial charge in [0, 0.05) is 0 Å². The molecule has 4 heteroatoms. The molecule has 0 saturated heterocycles. The first-order chi connectivity index (χ1) is 9.20. The van der Waals surface area contributed by atoms with Crippen LogP contribution in [0.2, 0.25) is 0 Å². The highest BCUT2D eigenvalue weighted by molar-refractivity contribution is 5.36. The molecule has 0 aliphatic carbocycles. The van der Waals surface area contributed by atoms with Gasteiger partial charge in [0.15, 0.2) is 11.6 Å². The van der Waals surface area contributed by atoms with Gasteiger partial charge in [0.1, 0.15) is 6.61 Å². The number of nitriles is 1. The van der Waals surface area contributed by atoms with E-state index in [1.165, 1.54) is 12.1 Å². The molecule has 96 valence electrons. The lowest BCUT2D eigenvalue weighted by atomic mass is 10.1. The lowest BCUT2D eigenvalue weighted by Crippen LogP contribution is -2.19. The number of hydrogen-bond acceptors (Lipinski definition) is 3. The zero-order chi connectivity index (χ0) is 13.7. The third kappa shape index (κ3) is 3.30.